The molecule has 3 heterocycles. The van der Waals surface area contributed by atoms with Gasteiger partial charge in [0, 0.05) is 44.0 Å². The molecule has 10 heteroatoms. The minimum atomic E-state index is -1.16. The lowest BCUT2D eigenvalue weighted by atomic mass is 10.0. The number of nitrogens with zero attached hydrogens (tertiary/aromatic N) is 3. The average Bonchev–Trinajstić information content (AvgIpc) is 3.48. The number of Topliss-reactive ketones (excluding diaryl/α,β-unsaturated/α-hetero) is 1. The van der Waals surface area contributed by atoms with Gasteiger partial charge < -0.3 is 30.4 Å². The number of carbonyl (C=O) groups is 4. The van der Waals surface area contributed by atoms with E-state index in [1.807, 2.05) is 39.8 Å². The third kappa shape index (κ3) is 6.61. The van der Waals surface area contributed by atoms with Crippen LogP contribution in [0.3, 0.4) is 0 Å². The van der Waals surface area contributed by atoms with E-state index in [2.05, 4.69) is 15.5 Å². The number of hydrogen-bond acceptors (Lipinski definition) is 7. The Kier molecular flexibility index (Phi) is 9.27. The highest BCUT2D eigenvalue weighted by atomic mass is 16.3. The van der Waals surface area contributed by atoms with Gasteiger partial charge in [0.2, 0.25) is 5.91 Å². The van der Waals surface area contributed by atoms with E-state index >= 15 is 0 Å². The number of likely N-dealkylation sites (tertiary alicyclic amines) is 2. The van der Waals surface area contributed by atoms with Gasteiger partial charge in [-0.05, 0) is 55.4 Å². The van der Waals surface area contributed by atoms with Crippen molar-refractivity contribution >= 4 is 29.2 Å². The van der Waals surface area contributed by atoms with Gasteiger partial charge in [-0.1, -0.05) is 27.7 Å². The van der Waals surface area contributed by atoms with Crippen molar-refractivity contribution in [1.82, 2.24) is 20.4 Å². The molecular formula is C29H43N5O5. The fourth-order valence-electron chi connectivity index (χ4n) is 5.98. The average molecular weight is 542 g/mol. The summed E-state index contributed by atoms with van der Waals surface area (Å²) in [5.74, 6) is -1.01. The van der Waals surface area contributed by atoms with Crippen LogP contribution >= 0.6 is 0 Å². The zero-order valence-electron chi connectivity index (χ0n) is 23.6. The number of benzene rings is 1. The van der Waals surface area contributed by atoms with Crippen molar-refractivity contribution in [3.05, 3.63) is 29.8 Å². The lowest BCUT2D eigenvalue weighted by molar-refractivity contribution is -0.142. The lowest BCUT2D eigenvalue weighted by Crippen LogP contribution is -2.53. The maximum atomic E-state index is 13.7. The molecule has 214 valence electrons. The molecule has 39 heavy (non-hydrogen) atoms. The summed E-state index contributed by atoms with van der Waals surface area (Å²) in [5.41, 5.74) is 1.53. The molecule has 3 N–H and O–H groups in total. The van der Waals surface area contributed by atoms with E-state index in [1.54, 1.807) is 12.1 Å². The second-order valence-corrected chi connectivity index (χ2v) is 11.8. The molecule has 4 unspecified atom stereocenters. The second kappa shape index (κ2) is 12.5. The maximum Gasteiger partial charge on any atom is 0.252 e. The van der Waals surface area contributed by atoms with E-state index in [0.29, 0.717) is 31.4 Å². The van der Waals surface area contributed by atoms with Gasteiger partial charge in [0.05, 0.1) is 12.6 Å². The van der Waals surface area contributed by atoms with E-state index in [-0.39, 0.29) is 36.0 Å². The van der Waals surface area contributed by atoms with Crippen LogP contribution in [-0.4, -0.2) is 102 Å². The molecule has 0 spiro atoms. The van der Waals surface area contributed by atoms with Crippen molar-refractivity contribution in [3.63, 3.8) is 0 Å². The van der Waals surface area contributed by atoms with Gasteiger partial charge in [-0.25, -0.2) is 0 Å². The number of amides is 3. The van der Waals surface area contributed by atoms with E-state index in [0.717, 1.165) is 31.9 Å². The summed E-state index contributed by atoms with van der Waals surface area (Å²) in [6, 6.07) is 5.46. The molecule has 3 fully saturated rings. The molecule has 0 aromatic heterocycles. The van der Waals surface area contributed by atoms with E-state index in [4.69, 9.17) is 0 Å². The van der Waals surface area contributed by atoms with Crippen LogP contribution in [0.5, 0.6) is 0 Å². The molecule has 4 rings (SSSR count). The van der Waals surface area contributed by atoms with Crippen molar-refractivity contribution < 1.29 is 24.3 Å². The van der Waals surface area contributed by atoms with Gasteiger partial charge in [-0.2, -0.15) is 0 Å². The Morgan fingerprint density at radius 1 is 0.949 bits per heavy atom. The summed E-state index contributed by atoms with van der Waals surface area (Å²) in [4.78, 5) is 58.1. The highest BCUT2D eigenvalue weighted by Gasteiger charge is 2.52. The topological polar surface area (TPSA) is 122 Å². The van der Waals surface area contributed by atoms with Gasteiger partial charge in [-0.15, -0.1) is 0 Å². The number of aliphatic hydroxyl groups excluding tert-OH is 1. The molecule has 3 saturated heterocycles. The number of nitrogens with one attached hydrogen (secondary N) is 2. The van der Waals surface area contributed by atoms with Crippen molar-refractivity contribution in [2.45, 2.75) is 71.2 Å². The highest BCUT2D eigenvalue weighted by molar-refractivity contribution is 6.01. The fourth-order valence-corrected chi connectivity index (χ4v) is 5.98. The normalized spacial score (nSPS) is 22.8. The molecule has 3 aliphatic heterocycles. The number of hydrogen-bond donors (Lipinski definition) is 3. The Labute approximate surface area is 231 Å². The van der Waals surface area contributed by atoms with Crippen LogP contribution in [0, 0.1) is 11.8 Å². The van der Waals surface area contributed by atoms with Crippen molar-refractivity contribution in [2.24, 2.45) is 11.8 Å². The number of anilines is 1. The molecule has 4 atom stereocenters. The lowest BCUT2D eigenvalue weighted by Gasteiger charge is -2.30. The Morgan fingerprint density at radius 3 is 2.21 bits per heavy atom. The summed E-state index contributed by atoms with van der Waals surface area (Å²) in [6.07, 6.45) is 0.0639. The Morgan fingerprint density at radius 2 is 1.59 bits per heavy atom. The first kappa shape index (κ1) is 29.0. The quantitative estimate of drug-likeness (QED) is 0.427. The minimum absolute atomic E-state index is 0.103. The monoisotopic (exact) mass is 541 g/mol. The maximum absolute atomic E-state index is 13.7. The molecule has 10 nitrogen and oxygen atoms in total. The molecule has 0 radical (unpaired) electrons. The molecule has 1 aromatic rings. The van der Waals surface area contributed by atoms with Gasteiger partial charge >= 0.3 is 0 Å². The van der Waals surface area contributed by atoms with Gasteiger partial charge in [0.25, 0.3) is 11.8 Å². The van der Waals surface area contributed by atoms with Gasteiger partial charge in [-0.3, -0.25) is 19.2 Å². The molecule has 3 amide bonds. The molecule has 0 saturated carbocycles. The van der Waals surface area contributed by atoms with Crippen LogP contribution in [-0.2, 0) is 14.4 Å². The molecule has 0 bridgehead atoms. The van der Waals surface area contributed by atoms with Crippen LogP contribution in [0.1, 0.15) is 57.3 Å². The first-order chi connectivity index (χ1) is 18.6. The van der Waals surface area contributed by atoms with Crippen molar-refractivity contribution in [1.29, 1.82) is 0 Å². The summed E-state index contributed by atoms with van der Waals surface area (Å²) in [7, 11) is 0. The van der Waals surface area contributed by atoms with Crippen LogP contribution < -0.4 is 15.5 Å². The van der Waals surface area contributed by atoms with E-state index < -0.39 is 30.1 Å². The number of piperazine rings is 1. The first-order valence-corrected chi connectivity index (χ1v) is 14.2. The Hall–Kier alpha value is -2.98. The van der Waals surface area contributed by atoms with Crippen LogP contribution in [0.25, 0.3) is 0 Å². The van der Waals surface area contributed by atoms with Crippen LogP contribution in [0.4, 0.5) is 5.69 Å². The van der Waals surface area contributed by atoms with Gasteiger partial charge in [0.15, 0.2) is 5.78 Å². The molecule has 0 aliphatic carbocycles. The molecular weight excluding hydrogens is 498 g/mol. The van der Waals surface area contributed by atoms with Crippen LogP contribution in [0.15, 0.2) is 24.3 Å². The number of fused-ring (bicyclic) bond motifs is 1. The first-order valence-electron chi connectivity index (χ1n) is 14.2. The standard InChI is InChI=1S/C29H43N5O5/c1-18(2)15-22(31-27(37)20-5-7-21(8-6-20)32-13-10-30-11-14-32)28(38)33-12-9-23-26(33)25(36)17-34(23)29(39)24(35)16-19(3)4/h5-8,18-19,22-24,26,30,35H,9-17H2,1-4H3,(H,31,37). The molecule has 1 aromatic carbocycles. The number of rotatable bonds is 9. The summed E-state index contributed by atoms with van der Waals surface area (Å²) >= 11 is 0. The zero-order chi connectivity index (χ0) is 28.3. The van der Waals surface area contributed by atoms with E-state index in [9.17, 15) is 24.3 Å². The number of aliphatic hydroxyl groups is 1. The molecule has 3 aliphatic rings. The predicted octanol–water partition coefficient (Wildman–Crippen LogP) is 1.03. The second-order valence-electron chi connectivity index (χ2n) is 11.8. The smallest absolute Gasteiger partial charge is 0.252 e. The third-order valence-electron chi connectivity index (χ3n) is 7.89. The summed E-state index contributed by atoms with van der Waals surface area (Å²) in [6.45, 7) is 11.7. The predicted molar refractivity (Wildman–Crippen MR) is 148 cm³/mol. The Bertz CT molecular complexity index is 1050. The summed E-state index contributed by atoms with van der Waals surface area (Å²) in [5, 5.41) is 16.6. The summed E-state index contributed by atoms with van der Waals surface area (Å²) < 4.78 is 0. The number of ketones is 1. The third-order valence-corrected chi connectivity index (χ3v) is 7.89. The van der Waals surface area contributed by atoms with Gasteiger partial charge in [0.1, 0.15) is 18.2 Å². The zero-order valence-corrected chi connectivity index (χ0v) is 23.6. The number of carbonyl (C=O) groups excluding carboxylic acids is 4. The van der Waals surface area contributed by atoms with E-state index in [1.165, 1.54) is 9.80 Å². The Balaban J connectivity index is 1.44. The minimum Gasteiger partial charge on any atom is -0.383 e. The highest BCUT2D eigenvalue weighted by Crippen LogP contribution is 2.31. The van der Waals surface area contributed by atoms with Crippen LogP contribution in [0.2, 0.25) is 0 Å². The fraction of sp³-hybridized carbons (Fsp3) is 0.655. The largest absolute Gasteiger partial charge is 0.383 e. The van der Waals surface area contributed by atoms with Crippen molar-refractivity contribution in [3.8, 4) is 0 Å². The SMILES string of the molecule is CC(C)CC(O)C(=O)N1CC(=O)C2C1CCN2C(=O)C(CC(C)C)NC(=O)c1ccc(N2CCNCC2)cc1. The van der Waals surface area contributed by atoms with Crippen molar-refractivity contribution in [2.75, 3.05) is 44.2 Å².